The number of aliphatic imine (C=N–C) groups is 1. The molecule has 0 radical (unpaired) electrons. The maximum Gasteiger partial charge on any atom is 0.416 e. The molecule has 0 saturated carbocycles. The second-order valence-corrected chi connectivity index (χ2v) is 12.2. The summed E-state index contributed by atoms with van der Waals surface area (Å²) in [6.45, 7) is 0.270. The highest BCUT2D eigenvalue weighted by Gasteiger charge is 2.44. The number of piperazine rings is 1. The number of rotatable bonds is 4. The van der Waals surface area contributed by atoms with E-state index in [-0.39, 0.29) is 41.8 Å². The van der Waals surface area contributed by atoms with Crippen LogP contribution in [0.3, 0.4) is 0 Å². The first-order chi connectivity index (χ1) is 19.3. The molecule has 2 aliphatic heterocycles. The highest BCUT2D eigenvalue weighted by Crippen LogP contribution is 2.44. The van der Waals surface area contributed by atoms with E-state index in [1.807, 2.05) is 0 Å². The minimum atomic E-state index is -4.55. The molecule has 3 amide bonds. The molecule has 2 atom stereocenters. The number of nitrogens with one attached hydrogen (secondary N) is 1. The lowest BCUT2D eigenvalue weighted by Crippen LogP contribution is -2.55. The molecule has 0 aliphatic carbocycles. The van der Waals surface area contributed by atoms with Gasteiger partial charge in [-0.2, -0.15) is 13.2 Å². The van der Waals surface area contributed by atoms with E-state index in [0.717, 1.165) is 18.4 Å². The largest absolute Gasteiger partial charge is 0.416 e. The SMILES string of the molecule is CS(=O)(=O)c1ccc(C2N=C(c3ccc(C(F)(F)F)cc3)N(C(=O)N3CCNC(=O)C3)C2c2ccc(Cl)cc2)cc1. The van der Waals surface area contributed by atoms with Crippen LogP contribution >= 0.6 is 11.6 Å². The third-order valence-electron chi connectivity index (χ3n) is 6.91. The lowest BCUT2D eigenvalue weighted by molar-refractivity contribution is -0.137. The molecule has 0 bridgehead atoms. The van der Waals surface area contributed by atoms with Gasteiger partial charge >= 0.3 is 12.2 Å². The molecule has 3 aromatic carbocycles. The lowest BCUT2D eigenvalue weighted by Gasteiger charge is -2.35. The minimum absolute atomic E-state index is 0.0986. The Bertz CT molecular complexity index is 1610. The van der Waals surface area contributed by atoms with Gasteiger partial charge in [0.15, 0.2) is 9.84 Å². The summed E-state index contributed by atoms with van der Waals surface area (Å²) in [5.41, 5.74) is 0.620. The van der Waals surface area contributed by atoms with Gasteiger partial charge in [-0.3, -0.25) is 14.7 Å². The summed E-state index contributed by atoms with van der Waals surface area (Å²) in [6, 6.07) is 15.1. The average molecular weight is 605 g/mol. The number of carbonyl (C=O) groups is 2. The second-order valence-electron chi connectivity index (χ2n) is 9.73. The Balaban J connectivity index is 1.66. The molecule has 41 heavy (non-hydrogen) atoms. The summed E-state index contributed by atoms with van der Waals surface area (Å²) in [6.07, 6.45) is -3.47. The number of amides is 3. The molecule has 13 heteroatoms. The highest BCUT2D eigenvalue weighted by molar-refractivity contribution is 7.90. The van der Waals surface area contributed by atoms with Crippen molar-refractivity contribution in [1.82, 2.24) is 15.1 Å². The number of nitrogens with zero attached hydrogens (tertiary/aromatic N) is 3. The van der Waals surface area contributed by atoms with E-state index < -0.39 is 39.7 Å². The molecule has 5 rings (SSSR count). The fourth-order valence-electron chi connectivity index (χ4n) is 4.88. The van der Waals surface area contributed by atoms with Crippen LogP contribution in [-0.2, 0) is 20.8 Å². The van der Waals surface area contributed by atoms with E-state index in [2.05, 4.69) is 5.32 Å². The molecular weight excluding hydrogens is 581 g/mol. The monoisotopic (exact) mass is 604 g/mol. The van der Waals surface area contributed by atoms with Crippen LogP contribution in [0.1, 0.15) is 34.3 Å². The van der Waals surface area contributed by atoms with E-state index >= 15 is 0 Å². The number of hydrogen-bond acceptors (Lipinski definition) is 5. The predicted octanol–water partition coefficient (Wildman–Crippen LogP) is 4.86. The molecule has 8 nitrogen and oxygen atoms in total. The van der Waals surface area contributed by atoms with E-state index in [4.69, 9.17) is 16.6 Å². The predicted molar refractivity (Wildman–Crippen MR) is 146 cm³/mol. The summed E-state index contributed by atoms with van der Waals surface area (Å²) in [5.74, 6) is -0.223. The number of hydrogen-bond donors (Lipinski definition) is 1. The number of alkyl halides is 3. The Hall–Kier alpha value is -3.90. The molecule has 1 fully saturated rings. The summed E-state index contributed by atoms with van der Waals surface area (Å²) >= 11 is 6.13. The van der Waals surface area contributed by atoms with E-state index in [1.54, 1.807) is 36.4 Å². The third-order valence-corrected chi connectivity index (χ3v) is 8.29. The van der Waals surface area contributed by atoms with Gasteiger partial charge in [0.2, 0.25) is 5.91 Å². The van der Waals surface area contributed by atoms with Crippen LogP contribution in [0.5, 0.6) is 0 Å². The van der Waals surface area contributed by atoms with Crippen molar-refractivity contribution in [1.29, 1.82) is 0 Å². The number of benzene rings is 3. The van der Waals surface area contributed by atoms with Crippen molar-refractivity contribution in [2.75, 3.05) is 25.9 Å². The van der Waals surface area contributed by atoms with Gasteiger partial charge in [-0.25, -0.2) is 13.2 Å². The zero-order valence-electron chi connectivity index (χ0n) is 21.6. The number of halogens is 4. The first-order valence-electron chi connectivity index (χ1n) is 12.5. The van der Waals surface area contributed by atoms with Crippen LogP contribution in [0, 0.1) is 0 Å². The summed E-state index contributed by atoms with van der Waals surface area (Å²) in [4.78, 5) is 33.9. The molecule has 2 unspecified atom stereocenters. The standard InChI is InChI=1S/C28H24ClF3N4O4S/c1-41(39,40)22-12-6-17(7-13-22)24-25(18-4-10-21(29)11-5-18)36(27(38)35-15-14-33-23(37)16-35)26(34-24)19-2-8-20(9-3-19)28(30,31)32/h2-13,24-25H,14-16H2,1H3,(H,33,37). The van der Waals surface area contributed by atoms with Gasteiger partial charge in [-0.05, 0) is 47.5 Å². The van der Waals surface area contributed by atoms with Crippen molar-refractivity contribution in [3.8, 4) is 0 Å². The summed E-state index contributed by atoms with van der Waals surface area (Å²) in [7, 11) is -3.48. The quantitative estimate of drug-likeness (QED) is 0.460. The van der Waals surface area contributed by atoms with Crippen molar-refractivity contribution in [3.05, 3.63) is 100 Å². The minimum Gasteiger partial charge on any atom is -0.353 e. The second kappa shape index (κ2) is 10.8. The molecule has 2 heterocycles. The zero-order chi connectivity index (χ0) is 29.5. The average Bonchev–Trinajstić information content (AvgIpc) is 3.33. The molecule has 2 aliphatic rings. The zero-order valence-corrected chi connectivity index (χ0v) is 23.2. The number of sulfone groups is 1. The topological polar surface area (TPSA) is 99.2 Å². The van der Waals surface area contributed by atoms with E-state index in [9.17, 15) is 31.2 Å². The van der Waals surface area contributed by atoms with Crippen LogP contribution in [0.15, 0.2) is 82.7 Å². The molecule has 0 aromatic heterocycles. The van der Waals surface area contributed by atoms with E-state index in [1.165, 1.54) is 34.1 Å². The maximum absolute atomic E-state index is 14.1. The Morgan fingerprint density at radius 1 is 0.976 bits per heavy atom. The highest BCUT2D eigenvalue weighted by atomic mass is 35.5. The van der Waals surface area contributed by atoms with E-state index in [0.29, 0.717) is 16.1 Å². The van der Waals surface area contributed by atoms with Crippen molar-refractivity contribution >= 4 is 39.2 Å². The van der Waals surface area contributed by atoms with Gasteiger partial charge in [0.05, 0.1) is 16.5 Å². The third kappa shape index (κ3) is 5.94. The fourth-order valence-corrected chi connectivity index (χ4v) is 5.64. The Labute approximate surface area is 239 Å². The van der Waals surface area contributed by atoms with Gasteiger partial charge in [-0.15, -0.1) is 0 Å². The van der Waals surface area contributed by atoms with Crippen LogP contribution in [0.25, 0.3) is 0 Å². The van der Waals surface area contributed by atoms with Gasteiger partial charge in [0, 0.05) is 29.9 Å². The number of carbonyl (C=O) groups excluding carboxylic acids is 2. The molecule has 1 N–H and O–H groups in total. The first-order valence-corrected chi connectivity index (χ1v) is 14.8. The molecule has 1 saturated heterocycles. The fraction of sp³-hybridized carbons (Fsp3) is 0.250. The Kier molecular flexibility index (Phi) is 7.56. The number of amidine groups is 1. The maximum atomic E-state index is 14.1. The van der Waals surface area contributed by atoms with Gasteiger partial charge < -0.3 is 10.2 Å². The normalized spacial score (nSPS) is 19.6. The van der Waals surface area contributed by atoms with Crippen molar-refractivity contribution in [2.45, 2.75) is 23.2 Å². The van der Waals surface area contributed by atoms with Crippen LogP contribution in [0.2, 0.25) is 5.02 Å². The van der Waals surface area contributed by atoms with Crippen LogP contribution < -0.4 is 5.32 Å². The Morgan fingerprint density at radius 3 is 2.15 bits per heavy atom. The lowest BCUT2D eigenvalue weighted by atomic mass is 9.93. The van der Waals surface area contributed by atoms with Crippen molar-refractivity contribution < 1.29 is 31.2 Å². The molecular formula is C28H24ClF3N4O4S. The molecule has 0 spiro atoms. The summed E-state index contributed by atoms with van der Waals surface area (Å²) in [5, 5.41) is 3.12. The van der Waals surface area contributed by atoms with Gasteiger partial charge in [-0.1, -0.05) is 48.0 Å². The Morgan fingerprint density at radius 2 is 1.59 bits per heavy atom. The van der Waals surface area contributed by atoms with Gasteiger partial charge in [0.1, 0.15) is 18.4 Å². The van der Waals surface area contributed by atoms with Crippen LogP contribution in [-0.4, -0.2) is 61.9 Å². The first kappa shape index (κ1) is 28.6. The van der Waals surface area contributed by atoms with Crippen molar-refractivity contribution in [3.63, 3.8) is 0 Å². The molecule has 214 valence electrons. The molecule has 3 aromatic rings. The number of urea groups is 1. The van der Waals surface area contributed by atoms with Crippen LogP contribution in [0.4, 0.5) is 18.0 Å². The van der Waals surface area contributed by atoms with Gasteiger partial charge in [0.25, 0.3) is 0 Å². The smallest absolute Gasteiger partial charge is 0.353 e. The summed E-state index contributed by atoms with van der Waals surface area (Å²) < 4.78 is 64.0. The van der Waals surface area contributed by atoms with Crippen molar-refractivity contribution in [2.24, 2.45) is 4.99 Å².